The molecule has 0 amide bonds. The van der Waals surface area contributed by atoms with Crippen LogP contribution in [-0.2, 0) is 6.42 Å². The molecule has 0 spiro atoms. The van der Waals surface area contributed by atoms with Gasteiger partial charge in [0.15, 0.2) is 17.5 Å². The number of hydrogen-bond donors (Lipinski definition) is 2. The molecule has 0 saturated carbocycles. The van der Waals surface area contributed by atoms with Gasteiger partial charge in [-0.3, -0.25) is 9.98 Å². The van der Waals surface area contributed by atoms with Gasteiger partial charge in [-0.1, -0.05) is 0 Å². The number of anilines is 1. The van der Waals surface area contributed by atoms with E-state index in [1.165, 1.54) is 5.56 Å². The van der Waals surface area contributed by atoms with Crippen molar-refractivity contribution in [3.63, 3.8) is 0 Å². The van der Waals surface area contributed by atoms with Crippen LogP contribution in [0.5, 0.6) is 11.5 Å². The average molecular weight is 312 g/mol. The Labute approximate surface area is 135 Å². The molecule has 6 nitrogen and oxygen atoms in total. The van der Waals surface area contributed by atoms with E-state index >= 15 is 0 Å². The Morgan fingerprint density at radius 1 is 1.13 bits per heavy atom. The third kappa shape index (κ3) is 4.35. The molecule has 0 atom stereocenters. The van der Waals surface area contributed by atoms with Gasteiger partial charge in [0.2, 0.25) is 0 Å². The van der Waals surface area contributed by atoms with Crippen LogP contribution in [0, 0.1) is 0 Å². The van der Waals surface area contributed by atoms with Crippen molar-refractivity contribution in [2.45, 2.75) is 12.8 Å². The lowest BCUT2D eigenvalue weighted by molar-refractivity contribution is 0.297. The minimum absolute atomic E-state index is 0.383. The molecule has 2 heterocycles. The number of aromatic nitrogens is 1. The van der Waals surface area contributed by atoms with E-state index in [4.69, 9.17) is 15.2 Å². The van der Waals surface area contributed by atoms with Crippen LogP contribution in [0.1, 0.15) is 12.0 Å². The van der Waals surface area contributed by atoms with Gasteiger partial charge in [-0.25, -0.2) is 0 Å². The van der Waals surface area contributed by atoms with Crippen LogP contribution in [0.15, 0.2) is 47.7 Å². The number of pyridine rings is 1. The normalized spacial score (nSPS) is 14.2. The highest BCUT2D eigenvalue weighted by Gasteiger charge is 2.10. The molecule has 0 fully saturated rings. The molecule has 120 valence electrons. The second-order valence-electron chi connectivity index (χ2n) is 5.21. The lowest BCUT2D eigenvalue weighted by Gasteiger charge is -2.10. The van der Waals surface area contributed by atoms with Crippen molar-refractivity contribution in [3.05, 3.63) is 48.3 Å². The summed E-state index contributed by atoms with van der Waals surface area (Å²) in [6.07, 6.45) is 5.26. The summed E-state index contributed by atoms with van der Waals surface area (Å²) in [4.78, 5) is 8.33. The molecule has 6 heteroatoms. The fraction of sp³-hybridized carbons (Fsp3) is 0.294. The van der Waals surface area contributed by atoms with Crippen molar-refractivity contribution in [2.75, 3.05) is 25.1 Å². The van der Waals surface area contributed by atoms with Gasteiger partial charge in [0.1, 0.15) is 0 Å². The van der Waals surface area contributed by atoms with E-state index in [2.05, 4.69) is 15.3 Å². The molecule has 0 bridgehead atoms. The number of aliphatic imine (C=N–C) groups is 1. The summed E-state index contributed by atoms with van der Waals surface area (Å²) < 4.78 is 11.3. The van der Waals surface area contributed by atoms with Crippen LogP contribution >= 0.6 is 0 Å². The van der Waals surface area contributed by atoms with E-state index in [0.717, 1.165) is 30.0 Å². The zero-order chi connectivity index (χ0) is 15.9. The van der Waals surface area contributed by atoms with Crippen molar-refractivity contribution in [2.24, 2.45) is 10.7 Å². The van der Waals surface area contributed by atoms with Crippen molar-refractivity contribution in [1.82, 2.24) is 4.98 Å². The fourth-order valence-corrected chi connectivity index (χ4v) is 2.28. The molecule has 1 aliphatic rings. The standard InChI is InChI=1S/C17H20N4O2/c18-17(20-9-6-13-4-7-19-8-5-13)21-14-2-3-15-16(12-14)23-11-1-10-22-15/h2-5,7-8,12H,1,6,9-11H2,(H3,18,20,21). The van der Waals surface area contributed by atoms with E-state index in [1.807, 2.05) is 30.3 Å². The largest absolute Gasteiger partial charge is 0.490 e. The molecule has 2 aromatic rings. The predicted octanol–water partition coefficient (Wildman–Crippen LogP) is 2.21. The highest BCUT2D eigenvalue weighted by atomic mass is 16.5. The summed E-state index contributed by atoms with van der Waals surface area (Å²) in [6.45, 7) is 1.96. The van der Waals surface area contributed by atoms with Gasteiger partial charge in [-0.2, -0.15) is 0 Å². The molecule has 0 aliphatic carbocycles. The number of nitrogens with one attached hydrogen (secondary N) is 1. The number of hydrogen-bond acceptors (Lipinski definition) is 4. The third-order valence-corrected chi connectivity index (χ3v) is 3.45. The molecule has 1 aromatic carbocycles. The van der Waals surface area contributed by atoms with Crippen LogP contribution in [0.25, 0.3) is 0 Å². The highest BCUT2D eigenvalue weighted by molar-refractivity contribution is 5.92. The van der Waals surface area contributed by atoms with Crippen molar-refractivity contribution in [3.8, 4) is 11.5 Å². The van der Waals surface area contributed by atoms with Crippen LogP contribution in [-0.4, -0.2) is 30.7 Å². The first kappa shape index (κ1) is 15.1. The van der Waals surface area contributed by atoms with Crippen molar-refractivity contribution >= 4 is 11.6 Å². The molecule has 3 N–H and O–H groups in total. The van der Waals surface area contributed by atoms with Gasteiger partial charge in [0, 0.05) is 37.1 Å². The topological polar surface area (TPSA) is 81.8 Å². The summed E-state index contributed by atoms with van der Waals surface area (Å²) in [5.74, 6) is 1.88. The molecule has 1 aliphatic heterocycles. The van der Waals surface area contributed by atoms with Crippen LogP contribution < -0.4 is 20.5 Å². The second kappa shape index (κ2) is 7.49. The highest BCUT2D eigenvalue weighted by Crippen LogP contribution is 2.32. The number of ether oxygens (including phenoxy) is 2. The molecule has 3 rings (SSSR count). The molecular weight excluding hydrogens is 292 g/mol. The maximum absolute atomic E-state index is 5.93. The Hall–Kier alpha value is -2.76. The quantitative estimate of drug-likeness (QED) is 0.668. The number of guanidine groups is 1. The Balaban J connectivity index is 1.58. The second-order valence-corrected chi connectivity index (χ2v) is 5.21. The monoisotopic (exact) mass is 312 g/mol. The third-order valence-electron chi connectivity index (χ3n) is 3.45. The lowest BCUT2D eigenvalue weighted by Crippen LogP contribution is -2.23. The number of fused-ring (bicyclic) bond motifs is 1. The van der Waals surface area contributed by atoms with E-state index in [-0.39, 0.29) is 0 Å². The van der Waals surface area contributed by atoms with Gasteiger partial charge in [-0.05, 0) is 36.2 Å². The molecular formula is C17H20N4O2. The smallest absolute Gasteiger partial charge is 0.193 e. The SMILES string of the molecule is NC(=NCCc1ccncc1)Nc1ccc2c(c1)OCCCO2. The van der Waals surface area contributed by atoms with Gasteiger partial charge in [0.05, 0.1) is 13.2 Å². The van der Waals surface area contributed by atoms with Crippen LogP contribution in [0.4, 0.5) is 5.69 Å². The van der Waals surface area contributed by atoms with Crippen molar-refractivity contribution in [1.29, 1.82) is 0 Å². The Morgan fingerprint density at radius 2 is 1.91 bits per heavy atom. The first-order valence-corrected chi connectivity index (χ1v) is 7.67. The Morgan fingerprint density at radius 3 is 2.74 bits per heavy atom. The van der Waals surface area contributed by atoms with Crippen molar-refractivity contribution < 1.29 is 9.47 Å². The summed E-state index contributed by atoms with van der Waals surface area (Å²) in [5, 5.41) is 3.08. The molecule has 0 radical (unpaired) electrons. The Kier molecular flexibility index (Phi) is 4.93. The molecule has 0 unspecified atom stereocenters. The first-order valence-electron chi connectivity index (χ1n) is 7.67. The average Bonchev–Trinajstić information content (AvgIpc) is 2.81. The first-order chi connectivity index (χ1) is 11.3. The fourth-order valence-electron chi connectivity index (χ4n) is 2.28. The van der Waals surface area contributed by atoms with Crippen LogP contribution in [0.3, 0.4) is 0 Å². The molecule has 23 heavy (non-hydrogen) atoms. The van der Waals surface area contributed by atoms with Crippen LogP contribution in [0.2, 0.25) is 0 Å². The predicted molar refractivity (Wildman–Crippen MR) is 90.1 cm³/mol. The van der Waals surface area contributed by atoms with E-state index in [9.17, 15) is 0 Å². The minimum atomic E-state index is 0.383. The summed E-state index contributed by atoms with van der Waals surface area (Å²) in [7, 11) is 0. The number of rotatable bonds is 4. The Bertz CT molecular complexity index is 674. The van der Waals surface area contributed by atoms with Gasteiger partial charge < -0.3 is 20.5 Å². The number of nitrogens with zero attached hydrogens (tertiary/aromatic N) is 2. The zero-order valence-corrected chi connectivity index (χ0v) is 12.9. The van der Waals surface area contributed by atoms with E-state index < -0.39 is 0 Å². The summed E-state index contributed by atoms with van der Waals surface area (Å²) >= 11 is 0. The van der Waals surface area contributed by atoms with Gasteiger partial charge >= 0.3 is 0 Å². The van der Waals surface area contributed by atoms with Gasteiger partial charge in [0.25, 0.3) is 0 Å². The minimum Gasteiger partial charge on any atom is -0.490 e. The van der Waals surface area contributed by atoms with E-state index in [0.29, 0.717) is 25.7 Å². The summed E-state index contributed by atoms with van der Waals surface area (Å²) in [5.41, 5.74) is 7.95. The summed E-state index contributed by atoms with van der Waals surface area (Å²) in [6, 6.07) is 9.61. The van der Waals surface area contributed by atoms with Gasteiger partial charge in [-0.15, -0.1) is 0 Å². The number of benzene rings is 1. The zero-order valence-electron chi connectivity index (χ0n) is 12.9. The maximum Gasteiger partial charge on any atom is 0.193 e. The lowest BCUT2D eigenvalue weighted by atomic mass is 10.2. The number of nitrogens with two attached hydrogens (primary N) is 1. The molecule has 1 aromatic heterocycles. The molecule has 0 saturated heterocycles. The maximum atomic E-state index is 5.93. The van der Waals surface area contributed by atoms with E-state index in [1.54, 1.807) is 12.4 Å².